The highest BCUT2D eigenvalue weighted by molar-refractivity contribution is 7.15. The van der Waals surface area contributed by atoms with E-state index in [2.05, 4.69) is 10.3 Å². The summed E-state index contributed by atoms with van der Waals surface area (Å²) in [7, 11) is 3.61. The van der Waals surface area contributed by atoms with Crippen molar-refractivity contribution in [1.82, 2.24) is 10.3 Å². The highest BCUT2D eigenvalue weighted by Gasteiger charge is 2.15. The zero-order chi connectivity index (χ0) is 13.9. The monoisotopic (exact) mass is 288 g/mol. The van der Waals surface area contributed by atoms with Crippen LogP contribution in [0.25, 0.3) is 21.7 Å². The summed E-state index contributed by atoms with van der Waals surface area (Å²) in [5, 5.41) is 5.16. The van der Waals surface area contributed by atoms with E-state index in [0.29, 0.717) is 6.61 Å². The van der Waals surface area contributed by atoms with Gasteiger partial charge in [-0.3, -0.25) is 0 Å². The van der Waals surface area contributed by atoms with E-state index in [1.165, 1.54) is 4.88 Å². The average molecular weight is 288 g/mol. The minimum absolute atomic E-state index is 0.522. The van der Waals surface area contributed by atoms with Crippen molar-refractivity contribution in [3.05, 3.63) is 40.9 Å². The Hall–Kier alpha value is -1.69. The molecule has 0 unspecified atom stereocenters. The Labute approximate surface area is 121 Å². The summed E-state index contributed by atoms with van der Waals surface area (Å²) < 4.78 is 11.1. The summed E-state index contributed by atoms with van der Waals surface area (Å²) in [6, 6.07) is 10.0. The standard InChI is InChI=1S/C15H16N2O2S/c1-16-8-14-11(9-18-2)17-15(20-14)13-7-10-5-3-4-6-12(10)19-13/h3-7,16H,8-9H2,1-2H3. The summed E-state index contributed by atoms with van der Waals surface area (Å²) in [5.41, 5.74) is 1.86. The number of thiazole rings is 1. The smallest absolute Gasteiger partial charge is 0.164 e. The van der Waals surface area contributed by atoms with Crippen molar-refractivity contribution in [1.29, 1.82) is 0 Å². The molecule has 0 aliphatic carbocycles. The Kier molecular flexibility index (Phi) is 3.82. The second kappa shape index (κ2) is 5.75. The van der Waals surface area contributed by atoms with Crippen LogP contribution in [0, 0.1) is 0 Å². The van der Waals surface area contributed by atoms with Crippen LogP contribution in [-0.4, -0.2) is 19.1 Å². The summed E-state index contributed by atoms with van der Waals surface area (Å²) >= 11 is 1.65. The lowest BCUT2D eigenvalue weighted by Gasteiger charge is -1.98. The summed E-state index contributed by atoms with van der Waals surface area (Å²) in [5.74, 6) is 0.816. The number of aromatic nitrogens is 1. The lowest BCUT2D eigenvalue weighted by atomic mass is 10.2. The Bertz CT molecular complexity index is 661. The molecule has 0 saturated carbocycles. The number of benzene rings is 1. The van der Waals surface area contributed by atoms with Crippen molar-refractivity contribution in [2.45, 2.75) is 13.2 Å². The van der Waals surface area contributed by atoms with Gasteiger partial charge in [-0.2, -0.15) is 0 Å². The molecule has 104 valence electrons. The predicted molar refractivity (Wildman–Crippen MR) is 80.8 cm³/mol. The fourth-order valence-electron chi connectivity index (χ4n) is 2.12. The number of hydrogen-bond acceptors (Lipinski definition) is 5. The average Bonchev–Trinajstić information content (AvgIpc) is 3.04. The molecule has 0 aliphatic rings. The fourth-order valence-corrected chi connectivity index (χ4v) is 3.15. The molecule has 4 nitrogen and oxygen atoms in total. The van der Waals surface area contributed by atoms with Gasteiger partial charge in [0.05, 0.1) is 12.3 Å². The molecule has 2 aromatic heterocycles. The molecule has 0 spiro atoms. The van der Waals surface area contributed by atoms with E-state index in [0.717, 1.165) is 34.0 Å². The Balaban J connectivity index is 2.02. The van der Waals surface area contributed by atoms with E-state index in [1.54, 1.807) is 18.4 Å². The molecule has 0 fully saturated rings. The molecule has 0 atom stereocenters. The Morgan fingerprint density at radius 3 is 2.95 bits per heavy atom. The summed E-state index contributed by atoms with van der Waals surface area (Å²) in [4.78, 5) is 5.83. The number of fused-ring (bicyclic) bond motifs is 1. The first kappa shape index (κ1) is 13.3. The van der Waals surface area contributed by atoms with Gasteiger partial charge in [0.15, 0.2) is 10.8 Å². The third-order valence-corrected chi connectivity index (χ3v) is 4.15. The third-order valence-electron chi connectivity index (χ3n) is 3.03. The first-order valence-corrected chi connectivity index (χ1v) is 7.24. The van der Waals surface area contributed by atoms with Gasteiger partial charge < -0.3 is 14.5 Å². The highest BCUT2D eigenvalue weighted by Crippen LogP contribution is 2.32. The first-order chi connectivity index (χ1) is 9.81. The molecule has 2 heterocycles. The van der Waals surface area contributed by atoms with E-state index < -0.39 is 0 Å². The molecule has 0 amide bonds. The number of nitrogens with zero attached hydrogens (tertiary/aromatic N) is 1. The number of rotatable bonds is 5. The normalized spacial score (nSPS) is 11.3. The molecule has 3 aromatic rings. The Morgan fingerprint density at radius 2 is 2.20 bits per heavy atom. The molecule has 5 heteroatoms. The lowest BCUT2D eigenvalue weighted by molar-refractivity contribution is 0.181. The van der Waals surface area contributed by atoms with Crippen molar-refractivity contribution in [3.63, 3.8) is 0 Å². The number of ether oxygens (including phenoxy) is 1. The minimum atomic E-state index is 0.522. The van der Waals surface area contributed by atoms with Crippen molar-refractivity contribution in [3.8, 4) is 10.8 Å². The maximum absolute atomic E-state index is 5.87. The SMILES string of the molecule is CNCc1sc(-c2cc3ccccc3o2)nc1COC. The van der Waals surface area contributed by atoms with Gasteiger partial charge in [0.25, 0.3) is 0 Å². The summed E-state index contributed by atoms with van der Waals surface area (Å²) in [6.07, 6.45) is 0. The van der Waals surface area contributed by atoms with Gasteiger partial charge >= 0.3 is 0 Å². The maximum Gasteiger partial charge on any atom is 0.164 e. The number of furan rings is 1. The van der Waals surface area contributed by atoms with Crippen LogP contribution in [0.2, 0.25) is 0 Å². The van der Waals surface area contributed by atoms with Crippen molar-refractivity contribution in [2.75, 3.05) is 14.2 Å². The number of methoxy groups -OCH3 is 1. The fraction of sp³-hybridized carbons (Fsp3) is 0.267. The number of para-hydroxylation sites is 1. The van der Waals surface area contributed by atoms with Crippen LogP contribution in [0.15, 0.2) is 34.7 Å². The molecule has 0 saturated heterocycles. The van der Waals surface area contributed by atoms with Crippen molar-refractivity contribution >= 4 is 22.3 Å². The summed E-state index contributed by atoms with van der Waals surface area (Å²) in [6.45, 7) is 1.31. The molecule has 20 heavy (non-hydrogen) atoms. The van der Waals surface area contributed by atoms with Crippen LogP contribution >= 0.6 is 11.3 Å². The van der Waals surface area contributed by atoms with E-state index in [4.69, 9.17) is 9.15 Å². The topological polar surface area (TPSA) is 47.3 Å². The van der Waals surface area contributed by atoms with E-state index in [-0.39, 0.29) is 0 Å². The van der Waals surface area contributed by atoms with E-state index in [1.807, 2.05) is 37.4 Å². The zero-order valence-corrected chi connectivity index (χ0v) is 12.3. The molecule has 1 N–H and O–H groups in total. The molecule has 1 aromatic carbocycles. The van der Waals surface area contributed by atoms with Gasteiger partial charge in [-0.05, 0) is 19.2 Å². The second-order valence-corrected chi connectivity index (χ2v) is 5.58. The van der Waals surface area contributed by atoms with Crippen LogP contribution in [0.5, 0.6) is 0 Å². The third kappa shape index (κ3) is 2.47. The van der Waals surface area contributed by atoms with Gasteiger partial charge in [-0.15, -0.1) is 11.3 Å². The molecular formula is C15H16N2O2S. The zero-order valence-electron chi connectivity index (χ0n) is 11.5. The molecule has 0 radical (unpaired) electrons. The van der Waals surface area contributed by atoms with E-state index in [9.17, 15) is 0 Å². The molecule has 3 rings (SSSR count). The van der Waals surface area contributed by atoms with Gasteiger partial charge in [0.1, 0.15) is 5.58 Å². The van der Waals surface area contributed by atoms with Crippen LogP contribution in [0.4, 0.5) is 0 Å². The minimum Gasteiger partial charge on any atom is -0.454 e. The van der Waals surface area contributed by atoms with Gasteiger partial charge in [0.2, 0.25) is 0 Å². The molecule has 0 bridgehead atoms. The largest absolute Gasteiger partial charge is 0.454 e. The second-order valence-electron chi connectivity index (χ2n) is 4.50. The van der Waals surface area contributed by atoms with Gasteiger partial charge in [-0.1, -0.05) is 18.2 Å². The van der Waals surface area contributed by atoms with Crippen LogP contribution in [0.1, 0.15) is 10.6 Å². The van der Waals surface area contributed by atoms with E-state index >= 15 is 0 Å². The van der Waals surface area contributed by atoms with Crippen molar-refractivity contribution < 1.29 is 9.15 Å². The maximum atomic E-state index is 5.87. The van der Waals surface area contributed by atoms with Crippen LogP contribution in [-0.2, 0) is 17.9 Å². The predicted octanol–water partition coefficient (Wildman–Crippen LogP) is 3.42. The van der Waals surface area contributed by atoms with Gasteiger partial charge in [-0.25, -0.2) is 4.98 Å². The van der Waals surface area contributed by atoms with Crippen LogP contribution < -0.4 is 5.32 Å². The quantitative estimate of drug-likeness (QED) is 0.781. The van der Waals surface area contributed by atoms with Gasteiger partial charge in [0, 0.05) is 23.9 Å². The first-order valence-electron chi connectivity index (χ1n) is 6.43. The molecule has 0 aliphatic heterocycles. The number of hydrogen-bond donors (Lipinski definition) is 1. The lowest BCUT2D eigenvalue weighted by Crippen LogP contribution is -2.06. The Morgan fingerprint density at radius 1 is 1.35 bits per heavy atom. The van der Waals surface area contributed by atoms with Crippen molar-refractivity contribution in [2.24, 2.45) is 0 Å². The number of nitrogens with one attached hydrogen (secondary N) is 1. The van der Waals surface area contributed by atoms with Crippen LogP contribution in [0.3, 0.4) is 0 Å². The molecular weight excluding hydrogens is 272 g/mol. The highest BCUT2D eigenvalue weighted by atomic mass is 32.1.